The second-order valence-electron chi connectivity index (χ2n) is 3.74. The molecular weight excluding hydrogens is 208 g/mol. The van der Waals surface area contributed by atoms with Crippen molar-refractivity contribution in [1.82, 2.24) is 0 Å². The zero-order valence-electron chi connectivity index (χ0n) is 8.46. The van der Waals surface area contributed by atoms with Gasteiger partial charge in [-0.25, -0.2) is 0 Å². The highest BCUT2D eigenvalue weighted by Crippen LogP contribution is 2.27. The van der Waals surface area contributed by atoms with Gasteiger partial charge >= 0.3 is 0 Å². The Morgan fingerprint density at radius 1 is 1.56 bits per heavy atom. The summed E-state index contributed by atoms with van der Waals surface area (Å²) < 4.78 is 0. The van der Waals surface area contributed by atoms with Crippen molar-refractivity contribution in [2.75, 3.05) is 18.0 Å². The van der Waals surface area contributed by atoms with Gasteiger partial charge in [-0.2, -0.15) is 5.26 Å². The molecular formula is C10H10N4O2. The predicted molar refractivity (Wildman–Crippen MR) is 58.0 cm³/mol. The maximum Gasteiger partial charge on any atom is 0.289 e. The summed E-state index contributed by atoms with van der Waals surface area (Å²) in [5, 5.41) is 19.5. The minimum atomic E-state index is -0.540. The van der Waals surface area contributed by atoms with Crippen molar-refractivity contribution in [3.8, 4) is 6.07 Å². The first-order valence-corrected chi connectivity index (χ1v) is 4.81. The van der Waals surface area contributed by atoms with Crippen LogP contribution in [0.1, 0.15) is 5.56 Å². The fraction of sp³-hybridized carbons (Fsp3) is 0.300. The second kappa shape index (κ2) is 3.79. The minimum Gasteiger partial charge on any atom is -0.368 e. The fourth-order valence-corrected chi connectivity index (χ4v) is 1.69. The minimum absolute atomic E-state index is 0.0820. The van der Waals surface area contributed by atoms with Gasteiger partial charge in [-0.3, -0.25) is 10.1 Å². The predicted octanol–water partition coefficient (Wildman–Crippen LogP) is 0.614. The van der Waals surface area contributed by atoms with Crippen molar-refractivity contribution < 1.29 is 4.92 Å². The molecule has 0 spiro atoms. The van der Waals surface area contributed by atoms with Crippen molar-refractivity contribution in [1.29, 1.82) is 5.26 Å². The first-order chi connectivity index (χ1) is 7.61. The van der Waals surface area contributed by atoms with Crippen LogP contribution in [0.3, 0.4) is 0 Å². The molecule has 6 heteroatoms. The van der Waals surface area contributed by atoms with E-state index in [0.29, 0.717) is 13.1 Å². The smallest absolute Gasteiger partial charge is 0.289 e. The fourth-order valence-electron chi connectivity index (χ4n) is 1.69. The van der Waals surface area contributed by atoms with Gasteiger partial charge in [0.25, 0.3) is 5.69 Å². The summed E-state index contributed by atoms with van der Waals surface area (Å²) in [6, 6.07) is 6.53. The average Bonchev–Trinajstić information content (AvgIpc) is 2.24. The van der Waals surface area contributed by atoms with Crippen LogP contribution in [0, 0.1) is 21.4 Å². The number of benzene rings is 1. The van der Waals surface area contributed by atoms with E-state index >= 15 is 0 Å². The van der Waals surface area contributed by atoms with Crippen LogP contribution in [-0.2, 0) is 0 Å². The van der Waals surface area contributed by atoms with Crippen molar-refractivity contribution >= 4 is 11.4 Å². The lowest BCUT2D eigenvalue weighted by Crippen LogP contribution is -2.55. The molecule has 1 aromatic carbocycles. The number of hydrogen-bond donors (Lipinski definition) is 1. The Morgan fingerprint density at radius 3 is 2.75 bits per heavy atom. The first-order valence-electron chi connectivity index (χ1n) is 4.81. The summed E-state index contributed by atoms with van der Waals surface area (Å²) >= 11 is 0. The molecule has 1 aliphatic rings. The number of nitrogens with two attached hydrogens (primary N) is 1. The summed E-state index contributed by atoms with van der Waals surface area (Å²) in [7, 11) is 0. The lowest BCUT2D eigenvalue weighted by atomic mass is 10.1. The van der Waals surface area contributed by atoms with Crippen LogP contribution >= 0.6 is 0 Å². The third-order valence-electron chi connectivity index (χ3n) is 2.57. The molecule has 1 saturated heterocycles. The van der Waals surface area contributed by atoms with Gasteiger partial charge in [0.15, 0.2) is 0 Å². The monoisotopic (exact) mass is 218 g/mol. The molecule has 82 valence electrons. The maximum atomic E-state index is 10.7. The topological polar surface area (TPSA) is 96.2 Å². The average molecular weight is 218 g/mol. The molecule has 1 aromatic rings. The van der Waals surface area contributed by atoms with E-state index in [1.807, 2.05) is 4.90 Å². The van der Waals surface area contributed by atoms with E-state index in [1.54, 1.807) is 12.1 Å². The molecule has 0 atom stereocenters. The van der Waals surface area contributed by atoms with Gasteiger partial charge in [0.1, 0.15) is 11.6 Å². The van der Waals surface area contributed by atoms with Crippen LogP contribution in [0.15, 0.2) is 18.2 Å². The maximum absolute atomic E-state index is 10.7. The summed E-state index contributed by atoms with van der Waals surface area (Å²) in [6.45, 7) is 1.39. The Kier molecular flexibility index (Phi) is 2.46. The number of nitro groups is 1. The molecule has 0 saturated carbocycles. The lowest BCUT2D eigenvalue weighted by Gasteiger charge is -2.38. The molecule has 0 radical (unpaired) electrons. The number of rotatable bonds is 2. The van der Waals surface area contributed by atoms with Crippen LogP contribution in [0.4, 0.5) is 11.4 Å². The molecule has 0 aromatic heterocycles. The van der Waals surface area contributed by atoms with E-state index in [0.717, 1.165) is 5.69 Å². The van der Waals surface area contributed by atoms with Gasteiger partial charge in [0.05, 0.1) is 4.92 Å². The molecule has 1 aliphatic heterocycles. The number of nitrogens with zero attached hydrogens (tertiary/aromatic N) is 3. The van der Waals surface area contributed by atoms with E-state index < -0.39 is 4.92 Å². The zero-order valence-corrected chi connectivity index (χ0v) is 8.46. The highest BCUT2D eigenvalue weighted by molar-refractivity contribution is 5.61. The molecule has 16 heavy (non-hydrogen) atoms. The van der Waals surface area contributed by atoms with E-state index in [-0.39, 0.29) is 17.3 Å². The van der Waals surface area contributed by atoms with E-state index in [4.69, 9.17) is 11.0 Å². The summed E-state index contributed by atoms with van der Waals surface area (Å²) in [5.74, 6) is 0. The van der Waals surface area contributed by atoms with Crippen molar-refractivity contribution in [3.63, 3.8) is 0 Å². The third kappa shape index (κ3) is 1.68. The van der Waals surface area contributed by atoms with Gasteiger partial charge in [-0.15, -0.1) is 0 Å². The molecule has 1 fully saturated rings. The van der Waals surface area contributed by atoms with Gasteiger partial charge in [0, 0.05) is 30.9 Å². The molecule has 1 heterocycles. The SMILES string of the molecule is N#Cc1ccc(N2CC(N)C2)cc1[N+](=O)[O-]. The zero-order chi connectivity index (χ0) is 11.7. The lowest BCUT2D eigenvalue weighted by molar-refractivity contribution is -0.385. The third-order valence-corrected chi connectivity index (χ3v) is 2.57. The van der Waals surface area contributed by atoms with Crippen LogP contribution in [0.2, 0.25) is 0 Å². The summed E-state index contributed by atoms with van der Waals surface area (Å²) in [4.78, 5) is 12.1. The van der Waals surface area contributed by atoms with Crippen molar-refractivity contribution in [2.24, 2.45) is 5.73 Å². The Labute approximate surface area is 92.0 Å². The van der Waals surface area contributed by atoms with Gasteiger partial charge in [-0.1, -0.05) is 0 Å². The van der Waals surface area contributed by atoms with E-state index in [9.17, 15) is 10.1 Å². The van der Waals surface area contributed by atoms with E-state index in [1.165, 1.54) is 12.1 Å². The molecule has 2 N–H and O–H groups in total. The Hall–Kier alpha value is -2.13. The normalized spacial score (nSPS) is 15.4. The van der Waals surface area contributed by atoms with Crippen LogP contribution in [0.5, 0.6) is 0 Å². The highest BCUT2D eigenvalue weighted by atomic mass is 16.6. The Morgan fingerprint density at radius 2 is 2.25 bits per heavy atom. The number of anilines is 1. The molecule has 2 rings (SSSR count). The Balaban J connectivity index is 2.33. The molecule has 0 unspecified atom stereocenters. The van der Waals surface area contributed by atoms with Crippen molar-refractivity contribution in [3.05, 3.63) is 33.9 Å². The highest BCUT2D eigenvalue weighted by Gasteiger charge is 2.25. The standard InChI is InChI=1S/C10H10N4O2/c11-4-7-1-2-9(3-10(7)14(15)16)13-5-8(12)6-13/h1-3,8H,5-6,12H2. The molecule has 0 amide bonds. The summed E-state index contributed by atoms with van der Waals surface area (Å²) in [5.41, 5.74) is 6.30. The number of nitro benzene ring substituents is 1. The van der Waals surface area contributed by atoms with Crippen LogP contribution in [-0.4, -0.2) is 24.1 Å². The van der Waals surface area contributed by atoms with Crippen LogP contribution in [0.25, 0.3) is 0 Å². The quantitative estimate of drug-likeness (QED) is 0.579. The molecule has 6 nitrogen and oxygen atoms in total. The van der Waals surface area contributed by atoms with Gasteiger partial charge in [-0.05, 0) is 12.1 Å². The van der Waals surface area contributed by atoms with Crippen molar-refractivity contribution in [2.45, 2.75) is 6.04 Å². The Bertz CT molecular complexity index is 474. The van der Waals surface area contributed by atoms with E-state index in [2.05, 4.69) is 0 Å². The molecule has 0 aliphatic carbocycles. The first kappa shape index (κ1) is 10.4. The van der Waals surface area contributed by atoms with Crippen LogP contribution < -0.4 is 10.6 Å². The van der Waals surface area contributed by atoms with Gasteiger partial charge < -0.3 is 10.6 Å². The number of hydrogen-bond acceptors (Lipinski definition) is 5. The molecule has 0 bridgehead atoms. The second-order valence-corrected chi connectivity index (χ2v) is 3.74. The van der Waals surface area contributed by atoms with Gasteiger partial charge in [0.2, 0.25) is 0 Å². The largest absolute Gasteiger partial charge is 0.368 e. The number of nitriles is 1. The summed E-state index contributed by atoms with van der Waals surface area (Å²) in [6.07, 6.45) is 0.